The Morgan fingerprint density at radius 3 is 2.50 bits per heavy atom. The number of urea groups is 1. The molecule has 1 aliphatic rings. The SMILES string of the molecule is CCCCNC(=O)COC(=O)C1CCN(C(=O)Nc2ccccc2)CC1. The quantitative estimate of drug-likeness (QED) is 0.577. The second-order valence-corrected chi connectivity index (χ2v) is 6.37. The molecular formula is C19H27N3O4. The lowest BCUT2D eigenvalue weighted by Gasteiger charge is -2.30. The first-order valence-electron chi connectivity index (χ1n) is 9.14. The van der Waals surface area contributed by atoms with Gasteiger partial charge in [-0.2, -0.15) is 0 Å². The molecule has 2 N–H and O–H groups in total. The number of rotatable bonds is 7. The van der Waals surface area contributed by atoms with E-state index in [0.29, 0.717) is 32.5 Å². The number of para-hydroxylation sites is 1. The van der Waals surface area contributed by atoms with E-state index in [1.807, 2.05) is 37.3 Å². The number of benzene rings is 1. The zero-order valence-corrected chi connectivity index (χ0v) is 15.2. The van der Waals surface area contributed by atoms with Crippen LogP contribution in [0.1, 0.15) is 32.6 Å². The molecule has 1 fully saturated rings. The molecule has 0 radical (unpaired) electrons. The summed E-state index contributed by atoms with van der Waals surface area (Å²) in [6.07, 6.45) is 2.98. The Bertz CT molecular complexity index is 598. The highest BCUT2D eigenvalue weighted by Gasteiger charge is 2.28. The van der Waals surface area contributed by atoms with Crippen molar-refractivity contribution in [1.82, 2.24) is 10.2 Å². The number of nitrogens with one attached hydrogen (secondary N) is 2. The third-order valence-corrected chi connectivity index (χ3v) is 4.34. The maximum absolute atomic E-state index is 12.2. The summed E-state index contributed by atoms with van der Waals surface area (Å²) in [5.74, 6) is -0.899. The summed E-state index contributed by atoms with van der Waals surface area (Å²) in [5.41, 5.74) is 0.744. The van der Waals surface area contributed by atoms with Crippen LogP contribution in [0.2, 0.25) is 0 Å². The number of esters is 1. The first-order valence-corrected chi connectivity index (χ1v) is 9.14. The van der Waals surface area contributed by atoms with Crippen LogP contribution in [-0.4, -0.2) is 49.0 Å². The van der Waals surface area contributed by atoms with Crippen LogP contribution < -0.4 is 10.6 Å². The molecule has 0 spiro atoms. The first kappa shape index (κ1) is 19.8. The van der Waals surface area contributed by atoms with Crippen molar-refractivity contribution in [2.24, 2.45) is 5.92 Å². The fraction of sp³-hybridized carbons (Fsp3) is 0.526. The minimum Gasteiger partial charge on any atom is -0.455 e. The minimum atomic E-state index is -0.362. The molecule has 0 bridgehead atoms. The van der Waals surface area contributed by atoms with Gasteiger partial charge >= 0.3 is 12.0 Å². The van der Waals surface area contributed by atoms with Gasteiger partial charge in [0.25, 0.3) is 5.91 Å². The smallest absolute Gasteiger partial charge is 0.321 e. The van der Waals surface area contributed by atoms with Crippen molar-refractivity contribution in [3.8, 4) is 0 Å². The second-order valence-electron chi connectivity index (χ2n) is 6.37. The zero-order valence-electron chi connectivity index (χ0n) is 15.2. The van der Waals surface area contributed by atoms with Crippen LogP contribution in [0.4, 0.5) is 10.5 Å². The van der Waals surface area contributed by atoms with Crippen molar-refractivity contribution in [3.63, 3.8) is 0 Å². The van der Waals surface area contributed by atoms with Crippen LogP contribution in [-0.2, 0) is 14.3 Å². The summed E-state index contributed by atoms with van der Waals surface area (Å²) in [5, 5.41) is 5.55. The van der Waals surface area contributed by atoms with Crippen molar-refractivity contribution in [2.75, 3.05) is 31.6 Å². The van der Waals surface area contributed by atoms with E-state index in [2.05, 4.69) is 10.6 Å². The highest BCUT2D eigenvalue weighted by atomic mass is 16.5. The number of likely N-dealkylation sites (tertiary alicyclic amines) is 1. The molecule has 1 aromatic carbocycles. The molecule has 1 saturated heterocycles. The zero-order chi connectivity index (χ0) is 18.8. The Morgan fingerprint density at radius 2 is 1.85 bits per heavy atom. The molecule has 0 atom stereocenters. The van der Waals surface area contributed by atoms with Crippen LogP contribution in [0.5, 0.6) is 0 Å². The van der Waals surface area contributed by atoms with Gasteiger partial charge in [-0.15, -0.1) is 0 Å². The molecule has 1 aromatic rings. The van der Waals surface area contributed by atoms with Crippen molar-refractivity contribution in [1.29, 1.82) is 0 Å². The van der Waals surface area contributed by atoms with Crippen LogP contribution in [0, 0.1) is 5.92 Å². The van der Waals surface area contributed by atoms with Gasteiger partial charge in [0.1, 0.15) is 0 Å². The molecule has 2 rings (SSSR count). The predicted octanol–water partition coefficient (Wildman–Crippen LogP) is 2.39. The molecule has 26 heavy (non-hydrogen) atoms. The van der Waals surface area contributed by atoms with Gasteiger partial charge in [0.2, 0.25) is 0 Å². The van der Waals surface area contributed by atoms with E-state index >= 15 is 0 Å². The molecule has 0 aromatic heterocycles. The number of nitrogens with zero attached hydrogens (tertiary/aromatic N) is 1. The average molecular weight is 361 g/mol. The first-order chi connectivity index (χ1) is 12.6. The van der Waals surface area contributed by atoms with Gasteiger partial charge in [-0.05, 0) is 31.4 Å². The van der Waals surface area contributed by atoms with Gasteiger partial charge in [-0.1, -0.05) is 31.5 Å². The number of hydrogen-bond acceptors (Lipinski definition) is 4. The summed E-state index contributed by atoms with van der Waals surface area (Å²) >= 11 is 0. The number of unbranched alkanes of at least 4 members (excludes halogenated alkanes) is 1. The van der Waals surface area contributed by atoms with Crippen molar-refractivity contribution in [2.45, 2.75) is 32.6 Å². The predicted molar refractivity (Wildman–Crippen MR) is 98.6 cm³/mol. The Balaban J connectivity index is 1.68. The Hall–Kier alpha value is -2.57. The Kier molecular flexibility index (Phi) is 7.92. The lowest BCUT2D eigenvalue weighted by atomic mass is 9.97. The van der Waals surface area contributed by atoms with Gasteiger partial charge in [-0.3, -0.25) is 9.59 Å². The number of ether oxygens (including phenoxy) is 1. The number of carbonyl (C=O) groups excluding carboxylic acids is 3. The van der Waals surface area contributed by atoms with E-state index in [0.717, 1.165) is 18.5 Å². The number of amides is 3. The highest BCUT2D eigenvalue weighted by Crippen LogP contribution is 2.19. The van der Waals surface area contributed by atoms with Crippen molar-refractivity contribution < 1.29 is 19.1 Å². The summed E-state index contributed by atoms with van der Waals surface area (Å²) in [7, 11) is 0. The molecule has 1 aliphatic heterocycles. The average Bonchev–Trinajstić information content (AvgIpc) is 2.67. The molecule has 142 valence electrons. The number of piperidine rings is 1. The molecule has 7 nitrogen and oxygen atoms in total. The third-order valence-electron chi connectivity index (χ3n) is 4.34. The van der Waals surface area contributed by atoms with Gasteiger partial charge < -0.3 is 20.3 Å². The monoisotopic (exact) mass is 361 g/mol. The third kappa shape index (κ3) is 6.38. The molecule has 1 heterocycles. The highest BCUT2D eigenvalue weighted by molar-refractivity contribution is 5.89. The van der Waals surface area contributed by atoms with Crippen LogP contribution >= 0.6 is 0 Å². The fourth-order valence-corrected chi connectivity index (χ4v) is 2.75. The standard InChI is InChI=1S/C19H27N3O4/c1-2-3-11-20-17(23)14-26-18(24)15-9-12-22(13-10-15)19(25)21-16-7-5-4-6-8-16/h4-8,15H,2-3,9-14H2,1H3,(H,20,23)(H,21,25). The summed E-state index contributed by atoms with van der Waals surface area (Å²) in [6, 6.07) is 9.09. The summed E-state index contributed by atoms with van der Waals surface area (Å²) in [4.78, 5) is 37.6. The lowest BCUT2D eigenvalue weighted by molar-refractivity contribution is -0.153. The van der Waals surface area contributed by atoms with E-state index in [4.69, 9.17) is 4.74 Å². The van der Waals surface area contributed by atoms with Gasteiger partial charge in [0, 0.05) is 25.3 Å². The van der Waals surface area contributed by atoms with Gasteiger partial charge in [-0.25, -0.2) is 4.79 Å². The second kappa shape index (κ2) is 10.4. The molecule has 0 saturated carbocycles. The molecule has 3 amide bonds. The van der Waals surface area contributed by atoms with E-state index in [1.165, 1.54) is 0 Å². The normalized spacial score (nSPS) is 14.6. The maximum atomic E-state index is 12.2. The van der Waals surface area contributed by atoms with Gasteiger partial charge in [0.05, 0.1) is 5.92 Å². The number of anilines is 1. The lowest BCUT2D eigenvalue weighted by Crippen LogP contribution is -2.43. The maximum Gasteiger partial charge on any atom is 0.321 e. The van der Waals surface area contributed by atoms with E-state index in [9.17, 15) is 14.4 Å². The van der Waals surface area contributed by atoms with Crippen LogP contribution in [0.15, 0.2) is 30.3 Å². The Morgan fingerprint density at radius 1 is 1.15 bits per heavy atom. The Labute approximate surface area is 154 Å². The number of hydrogen-bond donors (Lipinski definition) is 2. The van der Waals surface area contributed by atoms with Crippen LogP contribution in [0.25, 0.3) is 0 Å². The molecule has 0 aliphatic carbocycles. The molecular weight excluding hydrogens is 334 g/mol. The minimum absolute atomic E-state index is 0.168. The summed E-state index contributed by atoms with van der Waals surface area (Å²) < 4.78 is 5.10. The van der Waals surface area contributed by atoms with Crippen LogP contribution in [0.3, 0.4) is 0 Å². The van der Waals surface area contributed by atoms with E-state index in [1.54, 1.807) is 4.90 Å². The topological polar surface area (TPSA) is 87.7 Å². The van der Waals surface area contributed by atoms with E-state index < -0.39 is 0 Å². The van der Waals surface area contributed by atoms with Crippen molar-refractivity contribution >= 4 is 23.6 Å². The van der Waals surface area contributed by atoms with Crippen molar-refractivity contribution in [3.05, 3.63) is 30.3 Å². The fourth-order valence-electron chi connectivity index (χ4n) is 2.75. The number of carbonyl (C=O) groups is 3. The molecule has 0 unspecified atom stereocenters. The van der Waals surface area contributed by atoms with E-state index in [-0.39, 0.29) is 30.4 Å². The van der Waals surface area contributed by atoms with Gasteiger partial charge in [0.15, 0.2) is 6.61 Å². The molecule has 7 heteroatoms. The largest absolute Gasteiger partial charge is 0.455 e. The summed E-state index contributed by atoms with van der Waals surface area (Å²) in [6.45, 7) is 3.37.